The average molecular weight is 327 g/mol. The molecule has 0 unspecified atom stereocenters. The van der Waals surface area contributed by atoms with Crippen molar-refractivity contribution in [2.75, 3.05) is 13.1 Å². The molecule has 4 rings (SSSR count). The maximum Gasteiger partial charge on any atom is 0.315 e. The van der Waals surface area contributed by atoms with Gasteiger partial charge in [0.1, 0.15) is 0 Å². The van der Waals surface area contributed by atoms with Crippen LogP contribution in [0.3, 0.4) is 0 Å². The van der Waals surface area contributed by atoms with E-state index in [1.165, 1.54) is 44.2 Å². The summed E-state index contributed by atoms with van der Waals surface area (Å²) in [6.07, 6.45) is 8.56. The lowest BCUT2D eigenvalue weighted by Crippen LogP contribution is -2.51. The molecule has 130 valence electrons. The molecule has 0 spiro atoms. The lowest BCUT2D eigenvalue weighted by molar-refractivity contribution is 0.162. The molecular formula is C20H29N3O. The van der Waals surface area contributed by atoms with Gasteiger partial charge in [0, 0.05) is 18.6 Å². The van der Waals surface area contributed by atoms with E-state index in [-0.39, 0.29) is 12.1 Å². The topological polar surface area (TPSA) is 44.4 Å². The first-order valence-corrected chi connectivity index (χ1v) is 9.65. The summed E-state index contributed by atoms with van der Waals surface area (Å²) in [5, 5.41) is 6.54. The number of nitrogens with one attached hydrogen (secondary N) is 2. The number of urea groups is 1. The number of hydrogen-bond donors (Lipinski definition) is 2. The van der Waals surface area contributed by atoms with Crippen LogP contribution in [-0.2, 0) is 0 Å². The molecule has 2 N–H and O–H groups in total. The van der Waals surface area contributed by atoms with E-state index < -0.39 is 0 Å². The van der Waals surface area contributed by atoms with Crippen molar-refractivity contribution in [1.29, 1.82) is 0 Å². The standard InChI is InChI=1S/C20H29N3O/c24-20(21-17-11-13-23-12-5-10-18(23)14-17)22-19(16-8-4-9-16)15-6-2-1-3-7-15/h1-3,6-7,16-19H,4-5,8-14H2,(H2,21,22,24)/t17-,18+,19+/m1/s1. The molecule has 0 radical (unpaired) electrons. The Bertz CT molecular complexity index is 557. The Morgan fingerprint density at radius 3 is 2.62 bits per heavy atom. The van der Waals surface area contributed by atoms with Crippen molar-refractivity contribution in [3.8, 4) is 0 Å². The second-order valence-corrected chi connectivity index (χ2v) is 7.75. The second kappa shape index (κ2) is 7.14. The van der Waals surface area contributed by atoms with Crippen molar-refractivity contribution < 1.29 is 4.79 Å². The van der Waals surface area contributed by atoms with Crippen LogP contribution in [0.4, 0.5) is 4.79 Å². The molecule has 4 heteroatoms. The second-order valence-electron chi connectivity index (χ2n) is 7.75. The first kappa shape index (κ1) is 15.9. The molecule has 3 fully saturated rings. The molecule has 1 aromatic rings. The number of carbonyl (C=O) groups is 1. The molecule has 24 heavy (non-hydrogen) atoms. The maximum atomic E-state index is 12.6. The Balaban J connectivity index is 1.35. The third kappa shape index (κ3) is 3.44. The zero-order chi connectivity index (χ0) is 16.4. The maximum absolute atomic E-state index is 12.6. The third-order valence-corrected chi connectivity index (χ3v) is 6.22. The minimum atomic E-state index is 0.0206. The van der Waals surface area contributed by atoms with Gasteiger partial charge in [-0.05, 0) is 56.6 Å². The first-order valence-electron chi connectivity index (χ1n) is 9.65. The van der Waals surface area contributed by atoms with E-state index in [1.807, 2.05) is 6.07 Å². The third-order valence-electron chi connectivity index (χ3n) is 6.22. The highest BCUT2D eigenvalue weighted by Gasteiger charge is 2.33. The molecule has 2 amide bonds. The zero-order valence-corrected chi connectivity index (χ0v) is 14.4. The highest BCUT2D eigenvalue weighted by molar-refractivity contribution is 5.74. The molecule has 3 atom stereocenters. The van der Waals surface area contributed by atoms with Gasteiger partial charge in [0.05, 0.1) is 6.04 Å². The number of amides is 2. The molecule has 2 saturated heterocycles. The molecule has 1 aliphatic carbocycles. The summed E-state index contributed by atoms with van der Waals surface area (Å²) in [5.74, 6) is 0.592. The molecular weight excluding hydrogens is 298 g/mol. The van der Waals surface area contributed by atoms with Crippen molar-refractivity contribution in [1.82, 2.24) is 15.5 Å². The Morgan fingerprint density at radius 2 is 1.88 bits per heavy atom. The molecule has 1 aromatic carbocycles. The molecule has 3 aliphatic rings. The van der Waals surface area contributed by atoms with Gasteiger partial charge in [-0.15, -0.1) is 0 Å². The van der Waals surface area contributed by atoms with E-state index >= 15 is 0 Å². The number of fused-ring (bicyclic) bond motifs is 1. The van der Waals surface area contributed by atoms with E-state index in [2.05, 4.69) is 39.8 Å². The summed E-state index contributed by atoms with van der Waals surface area (Å²) in [5.41, 5.74) is 1.24. The minimum absolute atomic E-state index is 0.0206. The quantitative estimate of drug-likeness (QED) is 0.889. The van der Waals surface area contributed by atoms with Crippen LogP contribution in [0.5, 0.6) is 0 Å². The van der Waals surface area contributed by atoms with E-state index in [0.29, 0.717) is 18.0 Å². The van der Waals surface area contributed by atoms with Gasteiger partial charge in [-0.3, -0.25) is 0 Å². The van der Waals surface area contributed by atoms with E-state index in [4.69, 9.17) is 0 Å². The lowest BCUT2D eigenvalue weighted by Gasteiger charge is -2.37. The highest BCUT2D eigenvalue weighted by Crippen LogP contribution is 2.37. The normalized spacial score (nSPS) is 28.7. The van der Waals surface area contributed by atoms with Crippen LogP contribution in [0.1, 0.15) is 56.6 Å². The summed E-state index contributed by atoms with van der Waals surface area (Å²) in [6.45, 7) is 2.39. The lowest BCUT2D eigenvalue weighted by atomic mass is 9.77. The smallest absolute Gasteiger partial charge is 0.315 e. The van der Waals surface area contributed by atoms with Crippen LogP contribution in [0, 0.1) is 5.92 Å². The molecule has 2 aliphatic heterocycles. The van der Waals surface area contributed by atoms with Crippen molar-refractivity contribution in [2.45, 2.75) is 63.1 Å². The molecule has 0 bridgehead atoms. The van der Waals surface area contributed by atoms with Gasteiger partial charge in [0.2, 0.25) is 0 Å². The van der Waals surface area contributed by atoms with Gasteiger partial charge in [-0.2, -0.15) is 0 Å². The van der Waals surface area contributed by atoms with Gasteiger partial charge in [0.15, 0.2) is 0 Å². The first-order chi connectivity index (χ1) is 11.8. The van der Waals surface area contributed by atoms with Crippen LogP contribution in [0.2, 0.25) is 0 Å². The van der Waals surface area contributed by atoms with E-state index in [0.717, 1.165) is 19.4 Å². The highest BCUT2D eigenvalue weighted by atomic mass is 16.2. The Morgan fingerprint density at radius 1 is 1.04 bits per heavy atom. The number of nitrogens with zero attached hydrogens (tertiary/aromatic N) is 1. The predicted molar refractivity (Wildman–Crippen MR) is 95.8 cm³/mol. The van der Waals surface area contributed by atoms with Gasteiger partial charge in [-0.1, -0.05) is 36.8 Å². The Hall–Kier alpha value is -1.55. The number of benzene rings is 1. The predicted octanol–water partition coefficient (Wildman–Crippen LogP) is 3.45. The van der Waals surface area contributed by atoms with Crippen molar-refractivity contribution in [2.24, 2.45) is 5.92 Å². The number of carbonyl (C=O) groups excluding carboxylic acids is 1. The van der Waals surface area contributed by atoms with Crippen LogP contribution in [0.15, 0.2) is 30.3 Å². The van der Waals surface area contributed by atoms with Gasteiger partial charge in [0.25, 0.3) is 0 Å². The SMILES string of the molecule is O=C(N[C@@H]1CCN2CCC[C@H]2C1)N[C@@H](c1ccccc1)C1CCC1. The molecule has 4 nitrogen and oxygen atoms in total. The fourth-order valence-electron chi connectivity index (χ4n) is 4.63. The minimum Gasteiger partial charge on any atom is -0.335 e. The van der Waals surface area contributed by atoms with Gasteiger partial charge >= 0.3 is 6.03 Å². The van der Waals surface area contributed by atoms with E-state index in [1.54, 1.807) is 0 Å². The summed E-state index contributed by atoms with van der Waals surface area (Å²) >= 11 is 0. The van der Waals surface area contributed by atoms with Crippen molar-refractivity contribution >= 4 is 6.03 Å². The summed E-state index contributed by atoms with van der Waals surface area (Å²) in [6, 6.07) is 11.7. The van der Waals surface area contributed by atoms with Crippen LogP contribution in [-0.4, -0.2) is 36.1 Å². The molecule has 1 saturated carbocycles. The van der Waals surface area contributed by atoms with Gasteiger partial charge in [-0.25, -0.2) is 4.79 Å². The largest absolute Gasteiger partial charge is 0.335 e. The summed E-state index contributed by atoms with van der Waals surface area (Å²) in [7, 11) is 0. The fourth-order valence-corrected chi connectivity index (χ4v) is 4.63. The number of hydrogen-bond acceptors (Lipinski definition) is 2. The fraction of sp³-hybridized carbons (Fsp3) is 0.650. The van der Waals surface area contributed by atoms with Crippen LogP contribution >= 0.6 is 0 Å². The zero-order valence-electron chi connectivity index (χ0n) is 14.4. The summed E-state index contributed by atoms with van der Waals surface area (Å²) < 4.78 is 0. The molecule has 2 heterocycles. The average Bonchev–Trinajstić information content (AvgIpc) is 3.01. The molecule has 0 aromatic heterocycles. The van der Waals surface area contributed by atoms with Crippen LogP contribution < -0.4 is 10.6 Å². The summed E-state index contributed by atoms with van der Waals surface area (Å²) in [4.78, 5) is 15.2. The van der Waals surface area contributed by atoms with E-state index in [9.17, 15) is 4.79 Å². The van der Waals surface area contributed by atoms with Crippen molar-refractivity contribution in [3.63, 3.8) is 0 Å². The van der Waals surface area contributed by atoms with Crippen LogP contribution in [0.25, 0.3) is 0 Å². The van der Waals surface area contributed by atoms with Crippen molar-refractivity contribution in [3.05, 3.63) is 35.9 Å². The number of piperidine rings is 1. The monoisotopic (exact) mass is 327 g/mol. The Labute approximate surface area is 145 Å². The van der Waals surface area contributed by atoms with Gasteiger partial charge < -0.3 is 15.5 Å². The number of rotatable bonds is 4. The Kier molecular flexibility index (Phi) is 4.74.